The Balaban J connectivity index is 1.51. The Bertz CT molecular complexity index is 493. The largest absolute Gasteiger partial charge is 0.377 e. The zero-order valence-corrected chi connectivity index (χ0v) is 13.7. The minimum absolute atomic E-state index is 0.0426. The normalized spacial score (nSPS) is 11.0. The van der Waals surface area contributed by atoms with E-state index < -0.39 is 0 Å². The van der Waals surface area contributed by atoms with Crippen LogP contribution in [-0.4, -0.2) is 6.61 Å². The summed E-state index contributed by atoms with van der Waals surface area (Å²) >= 11 is 0.0426. The van der Waals surface area contributed by atoms with Crippen LogP contribution < -0.4 is 21.2 Å². The van der Waals surface area contributed by atoms with Gasteiger partial charge in [-0.3, -0.25) is 0 Å². The molecule has 0 aliphatic rings. The van der Waals surface area contributed by atoms with E-state index in [0.29, 0.717) is 0 Å². The predicted octanol–water partition coefficient (Wildman–Crippen LogP) is 1.46. The van der Waals surface area contributed by atoms with Crippen molar-refractivity contribution in [2.45, 2.75) is 19.4 Å². The molecule has 0 radical (unpaired) electrons. The van der Waals surface area contributed by atoms with Crippen molar-refractivity contribution in [1.82, 2.24) is 0 Å². The maximum absolute atomic E-state index is 5.66. The van der Waals surface area contributed by atoms with Gasteiger partial charge in [-0.05, 0) is 36.6 Å². The molecule has 0 bridgehead atoms. The number of rotatable bonds is 8. The molecule has 0 aliphatic carbocycles. The van der Waals surface area contributed by atoms with Gasteiger partial charge in [-0.25, -0.2) is 0 Å². The number of halogens is 1. The van der Waals surface area contributed by atoms with Crippen LogP contribution in [0.25, 0.3) is 0 Å². The summed E-state index contributed by atoms with van der Waals surface area (Å²) < 4.78 is 9.49. The highest BCUT2D eigenvalue weighted by Gasteiger charge is 2.04. The molecule has 0 unspecified atom stereocenters. The van der Waals surface area contributed by atoms with Gasteiger partial charge in [0.2, 0.25) is 0 Å². The minimum Gasteiger partial charge on any atom is -0.377 e. The molecular formula is C18H20IO+. The van der Waals surface area contributed by atoms with Gasteiger partial charge in [0.15, 0.2) is 7.65 Å². The molecule has 1 nitrogen and oxygen atoms in total. The van der Waals surface area contributed by atoms with Gasteiger partial charge in [0.25, 0.3) is 0 Å². The Labute approximate surface area is 131 Å². The van der Waals surface area contributed by atoms with E-state index in [9.17, 15) is 0 Å². The van der Waals surface area contributed by atoms with Gasteiger partial charge in [-0.15, -0.1) is 0 Å². The number of hydrogen-bond acceptors (Lipinski definition) is 1. The quantitative estimate of drug-likeness (QED) is 0.499. The zero-order valence-electron chi connectivity index (χ0n) is 11.5. The van der Waals surface area contributed by atoms with Gasteiger partial charge in [0.1, 0.15) is 0 Å². The van der Waals surface area contributed by atoms with Crippen LogP contribution >= 0.6 is 0 Å². The first kappa shape index (κ1) is 15.3. The molecule has 0 amide bonds. The third-order valence-corrected chi connectivity index (χ3v) is 5.09. The van der Waals surface area contributed by atoms with E-state index in [1.807, 2.05) is 6.07 Å². The zero-order chi connectivity index (χ0) is 13.9. The van der Waals surface area contributed by atoms with E-state index in [4.69, 9.17) is 4.74 Å². The van der Waals surface area contributed by atoms with Crippen LogP contribution in [0.4, 0.5) is 0 Å². The van der Waals surface area contributed by atoms with E-state index in [-0.39, 0.29) is 21.2 Å². The minimum atomic E-state index is 0.0426. The number of hydrogen-bond donors (Lipinski definition) is 0. The van der Waals surface area contributed by atoms with E-state index in [2.05, 4.69) is 64.8 Å². The molecule has 0 saturated heterocycles. The van der Waals surface area contributed by atoms with Crippen molar-refractivity contribution in [3.63, 3.8) is 0 Å². The second-order valence-corrected chi connectivity index (χ2v) is 7.03. The van der Waals surface area contributed by atoms with Crippen LogP contribution in [0.3, 0.4) is 0 Å². The first-order chi connectivity index (χ1) is 9.95. The van der Waals surface area contributed by atoms with Crippen LogP contribution in [0, 0.1) is 3.57 Å². The Morgan fingerprint density at radius 1 is 0.900 bits per heavy atom. The van der Waals surface area contributed by atoms with Gasteiger partial charge in [0.05, 0.1) is 6.61 Å². The number of benzene rings is 2. The fourth-order valence-electron chi connectivity index (χ4n) is 1.74. The Kier molecular flexibility index (Phi) is 7.42. The lowest BCUT2D eigenvalue weighted by molar-refractivity contribution is -0.557. The van der Waals surface area contributed by atoms with E-state index in [1.54, 1.807) is 0 Å². The topological polar surface area (TPSA) is 9.23 Å². The molecule has 0 spiro atoms. The fraction of sp³-hybridized carbons (Fsp3) is 0.222. The van der Waals surface area contributed by atoms with Gasteiger partial charge in [-0.2, -0.15) is 0 Å². The molecule has 20 heavy (non-hydrogen) atoms. The Morgan fingerprint density at radius 3 is 2.35 bits per heavy atom. The highest BCUT2D eigenvalue weighted by atomic mass is 127. The van der Waals surface area contributed by atoms with Crippen molar-refractivity contribution in [2.24, 2.45) is 0 Å². The summed E-state index contributed by atoms with van der Waals surface area (Å²) in [7, 11) is 0. The van der Waals surface area contributed by atoms with Gasteiger partial charge >= 0.3 is 21.2 Å². The summed E-state index contributed by atoms with van der Waals surface area (Å²) in [6, 6.07) is 21.0. The van der Waals surface area contributed by atoms with E-state index in [1.165, 1.54) is 9.13 Å². The van der Waals surface area contributed by atoms with Crippen LogP contribution in [0.1, 0.15) is 18.4 Å². The second kappa shape index (κ2) is 9.72. The van der Waals surface area contributed by atoms with Crippen LogP contribution in [0.2, 0.25) is 0 Å². The monoisotopic (exact) mass is 379 g/mol. The van der Waals surface area contributed by atoms with Crippen LogP contribution in [0.5, 0.6) is 0 Å². The first-order valence-electron chi connectivity index (χ1n) is 6.90. The molecule has 2 aromatic carbocycles. The molecule has 2 aromatic rings. The Hall–Kier alpha value is -1.13. The van der Waals surface area contributed by atoms with Crippen molar-refractivity contribution in [3.05, 3.63) is 80.0 Å². The summed E-state index contributed by atoms with van der Waals surface area (Å²) in [5.74, 6) is 0. The molecule has 104 valence electrons. The first-order valence-corrected chi connectivity index (χ1v) is 9.23. The average Bonchev–Trinajstić information content (AvgIpc) is 2.52. The Morgan fingerprint density at radius 2 is 1.60 bits per heavy atom. The van der Waals surface area contributed by atoms with Crippen LogP contribution in [0.15, 0.2) is 70.8 Å². The molecule has 2 rings (SSSR count). The third kappa shape index (κ3) is 6.35. The summed E-state index contributed by atoms with van der Waals surface area (Å²) in [6.45, 7) is 1.56. The van der Waals surface area contributed by atoms with Crippen molar-refractivity contribution in [1.29, 1.82) is 0 Å². The highest BCUT2D eigenvalue weighted by molar-refractivity contribution is 5.13. The second-order valence-electron chi connectivity index (χ2n) is 4.45. The van der Waals surface area contributed by atoms with Crippen molar-refractivity contribution in [3.8, 4) is 0 Å². The molecule has 0 aliphatic heterocycles. The standard InChI is InChI=1S/C18H20IO/c1-4-10-17(11-5-1)16-20-15-9-3-8-14-19-18-12-6-2-7-13-18/h1-2,4-8,10-14H,3,9,15-16H2/q+1/b14-8-. The number of allylic oxidation sites excluding steroid dienone is 1. The summed E-state index contributed by atoms with van der Waals surface area (Å²) in [5, 5.41) is 0. The van der Waals surface area contributed by atoms with Crippen molar-refractivity contribution < 1.29 is 25.9 Å². The van der Waals surface area contributed by atoms with Gasteiger partial charge in [0, 0.05) is 6.61 Å². The molecular weight excluding hydrogens is 359 g/mol. The average molecular weight is 379 g/mol. The summed E-state index contributed by atoms with van der Waals surface area (Å²) in [5.41, 5.74) is 1.25. The molecule has 2 heteroatoms. The molecule has 0 atom stereocenters. The SMILES string of the molecule is C(=C/[I+]c1ccccc1)/CCCOCc1ccccc1. The maximum atomic E-state index is 5.66. The molecule has 0 saturated carbocycles. The number of unbranched alkanes of at least 4 members (excludes halogenated alkanes) is 1. The van der Waals surface area contributed by atoms with Gasteiger partial charge < -0.3 is 4.74 Å². The lowest BCUT2D eigenvalue weighted by Gasteiger charge is -2.02. The summed E-state index contributed by atoms with van der Waals surface area (Å²) in [4.78, 5) is 0. The summed E-state index contributed by atoms with van der Waals surface area (Å²) in [6.07, 6.45) is 4.51. The highest BCUT2D eigenvalue weighted by Crippen LogP contribution is 2.01. The number of ether oxygens (including phenoxy) is 1. The predicted molar refractivity (Wildman–Crippen MR) is 79.6 cm³/mol. The molecule has 0 fully saturated rings. The fourth-order valence-corrected chi connectivity index (χ4v) is 3.59. The van der Waals surface area contributed by atoms with E-state index >= 15 is 0 Å². The molecule has 0 N–H and O–H groups in total. The third-order valence-electron chi connectivity index (χ3n) is 2.78. The lowest BCUT2D eigenvalue weighted by Crippen LogP contribution is -3.59. The lowest BCUT2D eigenvalue weighted by atomic mass is 10.2. The smallest absolute Gasteiger partial charge is 0.349 e. The van der Waals surface area contributed by atoms with Crippen molar-refractivity contribution >= 4 is 0 Å². The van der Waals surface area contributed by atoms with Gasteiger partial charge in [-0.1, -0.05) is 48.5 Å². The van der Waals surface area contributed by atoms with Crippen molar-refractivity contribution in [2.75, 3.05) is 6.61 Å². The molecule has 0 aromatic heterocycles. The van der Waals surface area contributed by atoms with Crippen LogP contribution in [-0.2, 0) is 11.3 Å². The maximum Gasteiger partial charge on any atom is 0.349 e. The van der Waals surface area contributed by atoms with E-state index in [0.717, 1.165) is 26.1 Å². The molecule has 0 heterocycles.